The maximum absolute atomic E-state index is 12.4. The van der Waals surface area contributed by atoms with Gasteiger partial charge < -0.3 is 5.73 Å². The van der Waals surface area contributed by atoms with Crippen LogP contribution in [-0.2, 0) is 6.18 Å². The molecule has 0 atom stereocenters. The van der Waals surface area contributed by atoms with Gasteiger partial charge in [0.25, 0.3) is 5.69 Å². The van der Waals surface area contributed by atoms with Crippen molar-refractivity contribution in [3.05, 3.63) is 40.2 Å². The lowest BCUT2D eigenvalue weighted by atomic mass is 10.4. The number of nitrogens with zero attached hydrogens (tertiary/aromatic N) is 4. The number of nitrogen functional groups attached to an aromatic ring is 1. The van der Waals surface area contributed by atoms with Crippen molar-refractivity contribution in [2.24, 2.45) is 0 Å². The SMILES string of the molecule is Nc1cc([N+](=O)[O-])cc(-n2ccc(C(F)(F)F)n2)n1. The minimum absolute atomic E-state index is 0.165. The topological polar surface area (TPSA) is 99.9 Å². The van der Waals surface area contributed by atoms with Crippen molar-refractivity contribution >= 4 is 11.5 Å². The largest absolute Gasteiger partial charge is 0.435 e. The van der Waals surface area contributed by atoms with E-state index in [1.807, 2.05) is 0 Å². The summed E-state index contributed by atoms with van der Waals surface area (Å²) in [5, 5.41) is 13.9. The van der Waals surface area contributed by atoms with E-state index in [0.29, 0.717) is 0 Å². The number of anilines is 1. The van der Waals surface area contributed by atoms with E-state index in [4.69, 9.17) is 5.73 Å². The molecule has 2 N–H and O–H groups in total. The number of hydrogen-bond donors (Lipinski definition) is 1. The van der Waals surface area contributed by atoms with Crippen LogP contribution in [0.15, 0.2) is 24.4 Å². The molecule has 0 unspecified atom stereocenters. The highest BCUT2D eigenvalue weighted by molar-refractivity contribution is 5.47. The third kappa shape index (κ3) is 2.61. The van der Waals surface area contributed by atoms with Crippen molar-refractivity contribution < 1.29 is 18.1 Å². The molecule has 0 radical (unpaired) electrons. The highest BCUT2D eigenvalue weighted by Gasteiger charge is 2.33. The average Bonchev–Trinajstić information content (AvgIpc) is 2.76. The molecule has 7 nitrogen and oxygen atoms in total. The van der Waals surface area contributed by atoms with Gasteiger partial charge in [-0.2, -0.15) is 18.3 Å². The summed E-state index contributed by atoms with van der Waals surface area (Å²) in [7, 11) is 0. The van der Waals surface area contributed by atoms with Gasteiger partial charge >= 0.3 is 6.18 Å². The molecule has 0 aromatic carbocycles. The zero-order valence-corrected chi connectivity index (χ0v) is 9.13. The van der Waals surface area contributed by atoms with Gasteiger partial charge in [0.1, 0.15) is 5.82 Å². The summed E-state index contributed by atoms with van der Waals surface area (Å²) >= 11 is 0. The Morgan fingerprint density at radius 1 is 1.37 bits per heavy atom. The predicted molar refractivity (Wildman–Crippen MR) is 57.4 cm³/mol. The van der Waals surface area contributed by atoms with Gasteiger partial charge in [-0.15, -0.1) is 0 Å². The molecule has 0 spiro atoms. The zero-order chi connectivity index (χ0) is 14.2. The van der Waals surface area contributed by atoms with Crippen LogP contribution in [0.5, 0.6) is 0 Å². The molecule has 0 saturated heterocycles. The first kappa shape index (κ1) is 12.8. The van der Waals surface area contributed by atoms with Crippen molar-refractivity contribution in [3.63, 3.8) is 0 Å². The fraction of sp³-hybridized carbons (Fsp3) is 0.111. The molecule has 0 aliphatic heterocycles. The van der Waals surface area contributed by atoms with Crippen molar-refractivity contribution in [2.75, 3.05) is 5.73 Å². The molecule has 0 fully saturated rings. The highest BCUT2D eigenvalue weighted by atomic mass is 19.4. The quantitative estimate of drug-likeness (QED) is 0.664. The number of hydrogen-bond acceptors (Lipinski definition) is 5. The maximum atomic E-state index is 12.4. The third-order valence-corrected chi connectivity index (χ3v) is 2.14. The molecule has 0 bridgehead atoms. The van der Waals surface area contributed by atoms with Crippen LogP contribution in [0.25, 0.3) is 5.82 Å². The standard InChI is InChI=1S/C9H6F3N5O2/c10-9(11,12)6-1-2-16(15-6)8-4-5(17(18)19)3-7(13)14-8/h1-4H,(H2,13,14). The smallest absolute Gasteiger partial charge is 0.383 e. The number of nitrogens with two attached hydrogens (primary N) is 1. The fourth-order valence-corrected chi connectivity index (χ4v) is 1.35. The van der Waals surface area contributed by atoms with Crippen LogP contribution >= 0.6 is 0 Å². The van der Waals surface area contributed by atoms with E-state index in [2.05, 4.69) is 10.1 Å². The van der Waals surface area contributed by atoms with Crippen LogP contribution in [0.2, 0.25) is 0 Å². The second-order valence-electron chi connectivity index (χ2n) is 3.51. The van der Waals surface area contributed by atoms with E-state index >= 15 is 0 Å². The van der Waals surface area contributed by atoms with Gasteiger partial charge in [-0.3, -0.25) is 10.1 Å². The zero-order valence-electron chi connectivity index (χ0n) is 9.13. The normalized spacial score (nSPS) is 11.5. The molecule has 2 aromatic rings. The molecule has 2 aromatic heterocycles. The summed E-state index contributed by atoms with van der Waals surface area (Å²) in [6, 6.07) is 2.71. The molecule has 0 aliphatic carbocycles. The van der Waals surface area contributed by atoms with Crippen LogP contribution in [0.1, 0.15) is 5.69 Å². The summed E-state index contributed by atoms with van der Waals surface area (Å²) in [6.07, 6.45) is -3.61. The first-order chi connectivity index (χ1) is 8.77. The monoisotopic (exact) mass is 273 g/mol. The van der Waals surface area contributed by atoms with Gasteiger partial charge in [0, 0.05) is 6.20 Å². The Balaban J connectivity index is 2.47. The Morgan fingerprint density at radius 2 is 2.05 bits per heavy atom. The summed E-state index contributed by atoms with van der Waals surface area (Å²) in [6.45, 7) is 0. The molecule has 10 heteroatoms. The molecular formula is C9H6F3N5O2. The lowest BCUT2D eigenvalue weighted by molar-refractivity contribution is -0.384. The van der Waals surface area contributed by atoms with Crippen LogP contribution in [0.3, 0.4) is 0 Å². The van der Waals surface area contributed by atoms with Crippen molar-refractivity contribution in [1.29, 1.82) is 0 Å². The highest BCUT2D eigenvalue weighted by Crippen LogP contribution is 2.28. The molecule has 2 heterocycles. The van der Waals surface area contributed by atoms with E-state index in [-0.39, 0.29) is 17.3 Å². The molecule has 0 amide bonds. The van der Waals surface area contributed by atoms with E-state index in [0.717, 1.165) is 29.1 Å². The van der Waals surface area contributed by atoms with E-state index in [1.54, 1.807) is 0 Å². The van der Waals surface area contributed by atoms with Crippen LogP contribution in [0.4, 0.5) is 24.7 Å². The summed E-state index contributed by atoms with van der Waals surface area (Å²) in [5.74, 6) is -0.351. The third-order valence-electron chi connectivity index (χ3n) is 2.14. The second kappa shape index (κ2) is 4.23. The van der Waals surface area contributed by atoms with E-state index in [9.17, 15) is 23.3 Å². The van der Waals surface area contributed by atoms with Crippen molar-refractivity contribution in [1.82, 2.24) is 14.8 Å². The van der Waals surface area contributed by atoms with Crippen molar-refractivity contribution in [2.45, 2.75) is 6.18 Å². The number of pyridine rings is 1. The predicted octanol–water partition coefficient (Wildman–Crippen LogP) is 1.78. The number of rotatable bonds is 2. The van der Waals surface area contributed by atoms with Gasteiger partial charge in [0.15, 0.2) is 11.5 Å². The Kier molecular flexibility index (Phi) is 2.85. The number of aromatic nitrogens is 3. The fourth-order valence-electron chi connectivity index (χ4n) is 1.35. The Hall–Kier alpha value is -2.65. The second-order valence-corrected chi connectivity index (χ2v) is 3.51. The lowest BCUT2D eigenvalue weighted by Crippen LogP contribution is -2.08. The van der Waals surface area contributed by atoms with Crippen LogP contribution in [-0.4, -0.2) is 19.7 Å². The number of alkyl halides is 3. The lowest BCUT2D eigenvalue weighted by Gasteiger charge is -2.03. The Labute approximate surface area is 103 Å². The molecular weight excluding hydrogens is 267 g/mol. The molecule has 0 aliphatic rings. The van der Waals surface area contributed by atoms with E-state index in [1.165, 1.54) is 0 Å². The minimum atomic E-state index is -4.60. The van der Waals surface area contributed by atoms with E-state index < -0.39 is 16.8 Å². The maximum Gasteiger partial charge on any atom is 0.435 e. The van der Waals surface area contributed by atoms with Gasteiger partial charge in [-0.1, -0.05) is 0 Å². The number of halogens is 3. The minimum Gasteiger partial charge on any atom is -0.383 e. The Morgan fingerprint density at radius 3 is 2.58 bits per heavy atom. The molecule has 0 saturated carbocycles. The first-order valence-corrected chi connectivity index (χ1v) is 4.82. The molecule has 19 heavy (non-hydrogen) atoms. The molecule has 100 valence electrons. The van der Waals surface area contributed by atoms with Gasteiger partial charge in [0.05, 0.1) is 17.1 Å². The molecule has 2 rings (SSSR count). The van der Waals surface area contributed by atoms with Gasteiger partial charge in [-0.25, -0.2) is 9.67 Å². The van der Waals surface area contributed by atoms with Crippen LogP contribution in [0, 0.1) is 10.1 Å². The summed E-state index contributed by atoms with van der Waals surface area (Å²) in [5.41, 5.74) is 3.84. The van der Waals surface area contributed by atoms with Crippen molar-refractivity contribution in [3.8, 4) is 5.82 Å². The van der Waals surface area contributed by atoms with Gasteiger partial charge in [-0.05, 0) is 6.07 Å². The summed E-state index contributed by atoms with van der Waals surface area (Å²) in [4.78, 5) is 13.6. The first-order valence-electron chi connectivity index (χ1n) is 4.82. The van der Waals surface area contributed by atoms with Gasteiger partial charge in [0.2, 0.25) is 0 Å². The Bertz CT molecular complexity index is 637. The van der Waals surface area contributed by atoms with Crippen LogP contribution < -0.4 is 5.73 Å². The number of nitro groups is 1. The summed E-state index contributed by atoms with van der Waals surface area (Å²) < 4.78 is 37.9. The average molecular weight is 273 g/mol.